The van der Waals surface area contributed by atoms with Crippen LogP contribution in [0.1, 0.15) is 43.0 Å². The van der Waals surface area contributed by atoms with Crippen LogP contribution in [0.3, 0.4) is 0 Å². The summed E-state index contributed by atoms with van der Waals surface area (Å²) in [6.45, 7) is 1.71. The molecule has 0 spiro atoms. The number of nitrogens with zero attached hydrogens (tertiary/aromatic N) is 2. The van der Waals surface area contributed by atoms with Gasteiger partial charge in [-0.05, 0) is 43.5 Å². The maximum absolute atomic E-state index is 9.54. The largest absolute Gasteiger partial charge is 0.389 e. The number of aliphatic hydroxyl groups is 1. The van der Waals surface area contributed by atoms with Crippen molar-refractivity contribution < 1.29 is 5.11 Å². The molecule has 3 rings (SSSR count). The normalized spacial score (nSPS) is 16.8. The second-order valence-electron chi connectivity index (χ2n) is 4.84. The van der Waals surface area contributed by atoms with Crippen LogP contribution in [0, 0.1) is 0 Å². The second-order valence-corrected chi connectivity index (χ2v) is 5.25. The van der Waals surface area contributed by atoms with E-state index in [0.717, 1.165) is 16.9 Å². The monoisotopic (exact) mass is 262 g/mol. The molecule has 0 amide bonds. The Morgan fingerprint density at radius 1 is 1.39 bits per heavy atom. The zero-order valence-electron chi connectivity index (χ0n) is 10.2. The lowest BCUT2D eigenvalue weighted by atomic mass is 10.1. The Balaban J connectivity index is 1.93. The first-order valence-electron chi connectivity index (χ1n) is 6.18. The van der Waals surface area contributed by atoms with Gasteiger partial charge >= 0.3 is 0 Å². The third kappa shape index (κ3) is 2.16. The first-order valence-corrected chi connectivity index (χ1v) is 6.56. The van der Waals surface area contributed by atoms with Gasteiger partial charge in [0.2, 0.25) is 0 Å². The van der Waals surface area contributed by atoms with Gasteiger partial charge in [0.25, 0.3) is 0 Å². The second kappa shape index (κ2) is 4.41. The molecule has 0 radical (unpaired) electrons. The predicted molar refractivity (Wildman–Crippen MR) is 71.2 cm³/mol. The molecule has 1 aromatic heterocycles. The fourth-order valence-electron chi connectivity index (χ4n) is 2.08. The van der Waals surface area contributed by atoms with Crippen molar-refractivity contribution in [2.24, 2.45) is 0 Å². The van der Waals surface area contributed by atoms with Gasteiger partial charge in [-0.1, -0.05) is 17.7 Å². The van der Waals surface area contributed by atoms with E-state index in [1.165, 1.54) is 12.8 Å². The minimum absolute atomic E-state index is 0.550. The molecule has 1 N–H and O–H groups in total. The van der Waals surface area contributed by atoms with Gasteiger partial charge < -0.3 is 5.11 Å². The van der Waals surface area contributed by atoms with Crippen LogP contribution >= 0.6 is 11.6 Å². The molecule has 4 heteroatoms. The summed E-state index contributed by atoms with van der Waals surface area (Å²) in [4.78, 5) is 0. The number of aromatic nitrogens is 2. The maximum Gasteiger partial charge on any atom is 0.0776 e. The maximum atomic E-state index is 9.54. The number of halogens is 1. The molecule has 1 saturated carbocycles. The standard InChI is InChI=1S/C14H15ClN2O/c1-9(18)12-5-4-11(8-13(12)15)17-7-6-14(16-17)10-2-3-10/h4-10,18H,2-3H2,1H3. The molecule has 1 aromatic carbocycles. The lowest BCUT2D eigenvalue weighted by Crippen LogP contribution is -1.98. The highest BCUT2D eigenvalue weighted by Gasteiger charge is 2.25. The summed E-state index contributed by atoms with van der Waals surface area (Å²) in [5.74, 6) is 0.651. The Morgan fingerprint density at radius 2 is 2.17 bits per heavy atom. The van der Waals surface area contributed by atoms with E-state index in [2.05, 4.69) is 11.2 Å². The van der Waals surface area contributed by atoms with Crippen molar-refractivity contribution in [1.82, 2.24) is 9.78 Å². The van der Waals surface area contributed by atoms with Crippen molar-refractivity contribution in [3.63, 3.8) is 0 Å². The van der Waals surface area contributed by atoms with Crippen LogP contribution in [-0.2, 0) is 0 Å². The molecular weight excluding hydrogens is 248 g/mol. The van der Waals surface area contributed by atoms with Crippen LogP contribution in [0.5, 0.6) is 0 Å². The molecule has 0 saturated heterocycles. The predicted octanol–water partition coefficient (Wildman–Crippen LogP) is 3.46. The van der Waals surface area contributed by atoms with Gasteiger partial charge in [0, 0.05) is 17.1 Å². The fraction of sp³-hybridized carbons (Fsp3) is 0.357. The van der Waals surface area contributed by atoms with Gasteiger partial charge in [-0.2, -0.15) is 5.10 Å². The lowest BCUT2D eigenvalue weighted by Gasteiger charge is -2.09. The van der Waals surface area contributed by atoms with Crippen LogP contribution in [0.2, 0.25) is 5.02 Å². The van der Waals surface area contributed by atoms with E-state index in [9.17, 15) is 5.11 Å². The topological polar surface area (TPSA) is 38.0 Å². The first kappa shape index (κ1) is 11.8. The van der Waals surface area contributed by atoms with Crippen LogP contribution in [0.15, 0.2) is 30.5 Å². The number of aliphatic hydroxyl groups excluding tert-OH is 1. The highest BCUT2D eigenvalue weighted by molar-refractivity contribution is 6.31. The summed E-state index contributed by atoms with van der Waals surface area (Å²) in [5, 5.41) is 14.7. The minimum atomic E-state index is -0.550. The van der Waals surface area contributed by atoms with Gasteiger partial charge in [0.15, 0.2) is 0 Å². The number of rotatable bonds is 3. The average Bonchev–Trinajstić information content (AvgIpc) is 3.06. The van der Waals surface area contributed by atoms with Crippen molar-refractivity contribution in [2.45, 2.75) is 31.8 Å². The zero-order chi connectivity index (χ0) is 12.7. The van der Waals surface area contributed by atoms with Crippen molar-refractivity contribution in [2.75, 3.05) is 0 Å². The molecule has 1 unspecified atom stereocenters. The quantitative estimate of drug-likeness (QED) is 0.920. The van der Waals surface area contributed by atoms with E-state index >= 15 is 0 Å². The van der Waals surface area contributed by atoms with Crippen molar-refractivity contribution in [3.05, 3.63) is 46.7 Å². The van der Waals surface area contributed by atoms with Crippen molar-refractivity contribution >= 4 is 11.6 Å². The molecule has 1 fully saturated rings. The highest BCUT2D eigenvalue weighted by Crippen LogP contribution is 2.39. The Morgan fingerprint density at radius 3 is 2.78 bits per heavy atom. The lowest BCUT2D eigenvalue weighted by molar-refractivity contribution is 0.199. The first-order chi connectivity index (χ1) is 8.65. The summed E-state index contributed by atoms with van der Waals surface area (Å²) >= 11 is 6.15. The van der Waals surface area contributed by atoms with Gasteiger partial charge in [-0.3, -0.25) is 0 Å². The van der Waals surface area contributed by atoms with E-state index in [1.807, 2.05) is 29.1 Å². The number of benzene rings is 1. The van der Waals surface area contributed by atoms with Crippen LogP contribution in [0.25, 0.3) is 5.69 Å². The highest BCUT2D eigenvalue weighted by atomic mass is 35.5. The summed E-state index contributed by atoms with van der Waals surface area (Å²) in [6, 6.07) is 7.68. The van der Waals surface area contributed by atoms with Crippen molar-refractivity contribution in [1.29, 1.82) is 0 Å². The Bertz CT molecular complexity index is 573. The molecule has 1 aliphatic rings. The smallest absolute Gasteiger partial charge is 0.0776 e. The van der Waals surface area contributed by atoms with Gasteiger partial charge in [0.1, 0.15) is 0 Å². The van der Waals surface area contributed by atoms with E-state index in [0.29, 0.717) is 10.9 Å². The third-order valence-electron chi connectivity index (χ3n) is 3.30. The fourth-order valence-corrected chi connectivity index (χ4v) is 2.41. The van der Waals surface area contributed by atoms with Crippen LogP contribution in [-0.4, -0.2) is 14.9 Å². The molecule has 1 heterocycles. The molecule has 3 nitrogen and oxygen atoms in total. The Hall–Kier alpha value is -1.32. The SMILES string of the molecule is CC(O)c1ccc(-n2ccc(C3CC3)n2)cc1Cl. The Kier molecular flexibility index (Phi) is 2.88. The molecule has 0 aliphatic heterocycles. The van der Waals surface area contributed by atoms with Gasteiger partial charge in [-0.15, -0.1) is 0 Å². The summed E-state index contributed by atoms with van der Waals surface area (Å²) in [7, 11) is 0. The average molecular weight is 263 g/mol. The summed E-state index contributed by atoms with van der Waals surface area (Å²) in [6.07, 6.45) is 3.91. The van der Waals surface area contributed by atoms with E-state index < -0.39 is 6.10 Å². The number of hydrogen-bond donors (Lipinski definition) is 1. The minimum Gasteiger partial charge on any atom is -0.389 e. The van der Waals surface area contributed by atoms with Gasteiger partial charge in [-0.25, -0.2) is 4.68 Å². The molecule has 1 aliphatic carbocycles. The van der Waals surface area contributed by atoms with Crippen LogP contribution in [0.4, 0.5) is 0 Å². The van der Waals surface area contributed by atoms with Crippen molar-refractivity contribution in [3.8, 4) is 5.69 Å². The summed E-state index contributed by atoms with van der Waals surface area (Å²) < 4.78 is 1.84. The molecule has 0 bridgehead atoms. The molecule has 94 valence electrons. The molecule has 2 aromatic rings. The number of hydrogen-bond acceptors (Lipinski definition) is 2. The third-order valence-corrected chi connectivity index (χ3v) is 3.63. The van der Waals surface area contributed by atoms with E-state index in [1.54, 1.807) is 6.92 Å². The van der Waals surface area contributed by atoms with E-state index in [4.69, 9.17) is 11.6 Å². The summed E-state index contributed by atoms with van der Waals surface area (Å²) in [5.41, 5.74) is 2.83. The van der Waals surface area contributed by atoms with Gasteiger partial charge in [0.05, 0.1) is 17.5 Å². The zero-order valence-corrected chi connectivity index (χ0v) is 10.9. The Labute approximate surface area is 111 Å². The van der Waals surface area contributed by atoms with Crippen LogP contribution < -0.4 is 0 Å². The molecular formula is C14H15ClN2O. The molecule has 18 heavy (non-hydrogen) atoms. The van der Waals surface area contributed by atoms with E-state index in [-0.39, 0.29) is 0 Å². The molecule has 1 atom stereocenters.